The van der Waals surface area contributed by atoms with E-state index in [0.29, 0.717) is 12.1 Å². The van der Waals surface area contributed by atoms with Crippen LogP contribution >= 0.6 is 0 Å². The van der Waals surface area contributed by atoms with Gasteiger partial charge in [-0.15, -0.1) is 0 Å². The number of ether oxygens (including phenoxy) is 1. The number of nitrogens with one attached hydrogen (secondary N) is 2. The van der Waals surface area contributed by atoms with E-state index in [-0.39, 0.29) is 12.1 Å². The van der Waals surface area contributed by atoms with Crippen LogP contribution in [0.2, 0.25) is 0 Å². The van der Waals surface area contributed by atoms with E-state index < -0.39 is 5.97 Å². The van der Waals surface area contributed by atoms with Crippen molar-refractivity contribution in [3.8, 4) is 11.1 Å². The van der Waals surface area contributed by atoms with Gasteiger partial charge in [0.2, 0.25) is 0 Å². The molecular formula is C25H24N2O3. The molecule has 30 heavy (non-hydrogen) atoms. The highest BCUT2D eigenvalue weighted by molar-refractivity contribution is 5.90. The summed E-state index contributed by atoms with van der Waals surface area (Å²) in [6, 6.07) is 26.7. The SMILES string of the molecule is COC(=O)C=CC(Cc1ccccc1)NC(=O)Nc1ccc(-c2ccccc2)cc1. The number of methoxy groups -OCH3 is 1. The standard InChI is InChI=1S/C25H24N2O3/c1-30-24(28)17-16-23(18-19-8-4-2-5-9-19)27-25(29)26-22-14-12-21(13-15-22)20-10-6-3-7-11-20/h2-17,23H,18H2,1H3,(H2,26,27,29). The molecule has 0 aliphatic carbocycles. The van der Waals surface area contributed by atoms with Gasteiger partial charge in [-0.05, 0) is 35.2 Å². The Morgan fingerprint density at radius 3 is 2.10 bits per heavy atom. The number of rotatable bonds is 7. The second kappa shape index (κ2) is 10.6. The molecule has 1 unspecified atom stereocenters. The molecule has 3 aromatic rings. The number of anilines is 1. The normalized spacial score (nSPS) is 11.6. The Morgan fingerprint density at radius 1 is 0.867 bits per heavy atom. The molecule has 5 heteroatoms. The summed E-state index contributed by atoms with van der Waals surface area (Å²) in [5.41, 5.74) is 3.92. The molecule has 0 heterocycles. The molecule has 0 radical (unpaired) electrons. The van der Waals surface area contributed by atoms with E-state index in [1.807, 2.05) is 84.9 Å². The predicted octanol–water partition coefficient (Wildman–Crippen LogP) is 4.82. The molecule has 0 bridgehead atoms. The lowest BCUT2D eigenvalue weighted by atomic mass is 10.1. The number of hydrogen-bond acceptors (Lipinski definition) is 3. The maximum atomic E-state index is 12.5. The molecule has 0 saturated heterocycles. The zero-order valence-corrected chi connectivity index (χ0v) is 16.7. The van der Waals surface area contributed by atoms with E-state index in [1.54, 1.807) is 6.08 Å². The Kier molecular flexibility index (Phi) is 7.39. The van der Waals surface area contributed by atoms with Gasteiger partial charge in [0.15, 0.2) is 0 Å². The first-order valence-electron chi connectivity index (χ1n) is 9.67. The van der Waals surface area contributed by atoms with Gasteiger partial charge in [-0.2, -0.15) is 0 Å². The number of benzene rings is 3. The zero-order valence-electron chi connectivity index (χ0n) is 16.7. The average molecular weight is 400 g/mol. The predicted molar refractivity (Wildman–Crippen MR) is 119 cm³/mol. The molecule has 3 rings (SSSR count). The van der Waals surface area contributed by atoms with Crippen molar-refractivity contribution in [2.24, 2.45) is 0 Å². The third-order valence-corrected chi connectivity index (χ3v) is 4.53. The Labute approximate surface area is 176 Å². The van der Waals surface area contributed by atoms with Crippen molar-refractivity contribution in [1.29, 1.82) is 0 Å². The van der Waals surface area contributed by atoms with E-state index in [2.05, 4.69) is 15.4 Å². The molecule has 152 valence electrons. The highest BCUT2D eigenvalue weighted by atomic mass is 16.5. The van der Waals surface area contributed by atoms with E-state index in [9.17, 15) is 9.59 Å². The van der Waals surface area contributed by atoms with E-state index in [4.69, 9.17) is 0 Å². The fraction of sp³-hybridized carbons (Fsp3) is 0.120. The quantitative estimate of drug-likeness (QED) is 0.442. The minimum atomic E-state index is -0.466. The number of urea groups is 1. The summed E-state index contributed by atoms with van der Waals surface area (Å²) in [7, 11) is 1.32. The second-order valence-electron chi connectivity index (χ2n) is 6.72. The van der Waals surface area contributed by atoms with Gasteiger partial charge < -0.3 is 15.4 Å². The second-order valence-corrected chi connectivity index (χ2v) is 6.72. The summed E-state index contributed by atoms with van der Waals surface area (Å²) < 4.78 is 4.65. The van der Waals surface area contributed by atoms with Crippen molar-refractivity contribution in [3.63, 3.8) is 0 Å². The summed E-state index contributed by atoms with van der Waals surface area (Å²) >= 11 is 0. The van der Waals surface area contributed by atoms with Crippen LogP contribution in [0.15, 0.2) is 97.1 Å². The zero-order chi connectivity index (χ0) is 21.2. The molecule has 0 fully saturated rings. The van der Waals surface area contributed by atoms with Crippen LogP contribution in [0, 0.1) is 0 Å². The van der Waals surface area contributed by atoms with Crippen molar-refractivity contribution in [2.45, 2.75) is 12.5 Å². The number of esters is 1. The van der Waals surface area contributed by atoms with Crippen LogP contribution < -0.4 is 10.6 Å². The van der Waals surface area contributed by atoms with Gasteiger partial charge in [-0.1, -0.05) is 78.9 Å². The number of hydrogen-bond donors (Lipinski definition) is 2. The smallest absolute Gasteiger partial charge is 0.330 e. The van der Waals surface area contributed by atoms with Gasteiger partial charge in [0.25, 0.3) is 0 Å². The summed E-state index contributed by atoms with van der Waals surface area (Å²) in [5.74, 6) is -0.466. The number of amides is 2. The molecule has 1 atom stereocenters. The summed E-state index contributed by atoms with van der Waals surface area (Å²) in [5, 5.41) is 5.73. The van der Waals surface area contributed by atoms with Crippen LogP contribution in [0.25, 0.3) is 11.1 Å². The van der Waals surface area contributed by atoms with Crippen molar-refractivity contribution < 1.29 is 14.3 Å². The molecule has 0 spiro atoms. The van der Waals surface area contributed by atoms with Gasteiger partial charge >= 0.3 is 12.0 Å². The molecule has 0 aromatic heterocycles. The third-order valence-electron chi connectivity index (χ3n) is 4.53. The lowest BCUT2D eigenvalue weighted by Gasteiger charge is -2.16. The van der Waals surface area contributed by atoms with Gasteiger partial charge in [0, 0.05) is 11.8 Å². The summed E-state index contributed by atoms with van der Waals surface area (Å²) in [6.07, 6.45) is 3.51. The molecule has 2 amide bonds. The van der Waals surface area contributed by atoms with Crippen LogP contribution in [0.5, 0.6) is 0 Å². The lowest BCUT2D eigenvalue weighted by Crippen LogP contribution is -2.38. The Hall–Kier alpha value is -3.86. The van der Waals surface area contributed by atoms with Gasteiger partial charge in [-0.3, -0.25) is 0 Å². The van der Waals surface area contributed by atoms with E-state index >= 15 is 0 Å². The Morgan fingerprint density at radius 2 is 1.47 bits per heavy atom. The maximum absolute atomic E-state index is 12.5. The molecule has 0 aliphatic heterocycles. The molecule has 3 aromatic carbocycles. The first kappa shape index (κ1) is 20.9. The molecule has 0 aliphatic rings. The first-order chi connectivity index (χ1) is 14.6. The van der Waals surface area contributed by atoms with Gasteiger partial charge in [-0.25, -0.2) is 9.59 Å². The van der Waals surface area contributed by atoms with Crippen LogP contribution in [0.4, 0.5) is 10.5 Å². The monoisotopic (exact) mass is 400 g/mol. The van der Waals surface area contributed by atoms with Crippen LogP contribution in [-0.4, -0.2) is 25.2 Å². The van der Waals surface area contributed by atoms with Crippen LogP contribution in [-0.2, 0) is 16.0 Å². The van der Waals surface area contributed by atoms with Crippen molar-refractivity contribution >= 4 is 17.7 Å². The van der Waals surface area contributed by atoms with Crippen LogP contribution in [0.1, 0.15) is 5.56 Å². The Balaban J connectivity index is 1.64. The third kappa shape index (κ3) is 6.34. The summed E-state index contributed by atoms with van der Waals surface area (Å²) in [6.45, 7) is 0. The summed E-state index contributed by atoms with van der Waals surface area (Å²) in [4.78, 5) is 24.0. The first-order valence-corrected chi connectivity index (χ1v) is 9.67. The molecular weight excluding hydrogens is 376 g/mol. The van der Waals surface area contributed by atoms with Crippen molar-refractivity contribution in [3.05, 3.63) is 103 Å². The minimum absolute atomic E-state index is 0.349. The van der Waals surface area contributed by atoms with E-state index in [0.717, 1.165) is 16.7 Å². The number of carbonyl (C=O) groups is 2. The molecule has 2 N–H and O–H groups in total. The Bertz CT molecular complexity index is 984. The fourth-order valence-corrected chi connectivity index (χ4v) is 3.01. The molecule has 5 nitrogen and oxygen atoms in total. The van der Waals surface area contributed by atoms with Crippen LogP contribution in [0.3, 0.4) is 0 Å². The van der Waals surface area contributed by atoms with Crippen molar-refractivity contribution in [2.75, 3.05) is 12.4 Å². The minimum Gasteiger partial charge on any atom is -0.466 e. The maximum Gasteiger partial charge on any atom is 0.330 e. The highest BCUT2D eigenvalue weighted by Crippen LogP contribution is 2.21. The topological polar surface area (TPSA) is 67.4 Å². The van der Waals surface area contributed by atoms with E-state index in [1.165, 1.54) is 13.2 Å². The largest absolute Gasteiger partial charge is 0.466 e. The number of carbonyl (C=O) groups excluding carboxylic acids is 2. The van der Waals surface area contributed by atoms with Crippen molar-refractivity contribution in [1.82, 2.24) is 5.32 Å². The average Bonchev–Trinajstić information content (AvgIpc) is 2.79. The van der Waals surface area contributed by atoms with Gasteiger partial charge in [0.1, 0.15) is 0 Å². The highest BCUT2D eigenvalue weighted by Gasteiger charge is 2.11. The lowest BCUT2D eigenvalue weighted by molar-refractivity contribution is -0.134. The molecule has 0 saturated carbocycles. The van der Waals surface area contributed by atoms with Gasteiger partial charge in [0.05, 0.1) is 13.2 Å². The fourth-order valence-electron chi connectivity index (χ4n) is 3.01.